The van der Waals surface area contributed by atoms with Gasteiger partial charge in [0.25, 0.3) is 0 Å². The highest BCUT2D eigenvalue weighted by molar-refractivity contribution is 9.10. The fraction of sp³-hybridized carbons (Fsp3) is 0.182. The van der Waals surface area contributed by atoms with Gasteiger partial charge in [0.05, 0.1) is 20.8 Å². The number of aromatic nitrogens is 2. The normalized spacial score (nSPS) is 10.7. The Morgan fingerprint density at radius 2 is 2.11 bits per heavy atom. The van der Waals surface area contributed by atoms with Crippen LogP contribution in [0.2, 0.25) is 0 Å². The van der Waals surface area contributed by atoms with Crippen LogP contribution in [-0.4, -0.2) is 14.7 Å². The molecule has 0 unspecified atom stereocenters. The molecule has 1 heterocycles. The van der Waals surface area contributed by atoms with Crippen LogP contribution in [0.3, 0.4) is 0 Å². The second-order valence-corrected chi connectivity index (χ2v) is 4.55. The third-order valence-corrected chi connectivity index (χ3v) is 3.73. The minimum Gasteiger partial charge on any atom is -0.258 e. The predicted octanol–water partition coefficient (Wildman–Crippen LogP) is 3.30. The lowest BCUT2D eigenvalue weighted by Gasteiger charge is -2.05. The highest BCUT2D eigenvalue weighted by Crippen LogP contribution is 2.29. The molecule has 2 rings (SSSR count). The molecule has 0 aliphatic rings. The van der Waals surface area contributed by atoms with Gasteiger partial charge < -0.3 is 0 Å². The number of aryl methyl sites for hydroxylation is 1. The van der Waals surface area contributed by atoms with Crippen molar-refractivity contribution in [2.75, 3.05) is 0 Å². The lowest BCUT2D eigenvalue weighted by Crippen LogP contribution is -2.05. The van der Waals surface area contributed by atoms with Crippen LogP contribution in [0.4, 0.5) is 10.1 Å². The summed E-state index contributed by atoms with van der Waals surface area (Å²) in [5.74, 6) is -0.874. The van der Waals surface area contributed by atoms with Gasteiger partial charge in [-0.1, -0.05) is 6.07 Å². The Bertz CT molecular complexity index is 639. The molecule has 94 valence electrons. The van der Waals surface area contributed by atoms with Crippen molar-refractivity contribution in [3.63, 3.8) is 0 Å². The molecule has 0 N–H and O–H groups in total. The zero-order valence-corrected chi connectivity index (χ0v) is 11.2. The van der Waals surface area contributed by atoms with Crippen LogP contribution in [0.15, 0.2) is 22.7 Å². The van der Waals surface area contributed by atoms with Crippen molar-refractivity contribution in [3.05, 3.63) is 50.0 Å². The largest absolute Gasteiger partial charge is 0.330 e. The summed E-state index contributed by atoms with van der Waals surface area (Å²) >= 11 is 3.33. The van der Waals surface area contributed by atoms with E-state index in [2.05, 4.69) is 21.0 Å². The van der Waals surface area contributed by atoms with Crippen LogP contribution in [-0.2, 0) is 0 Å². The van der Waals surface area contributed by atoms with Crippen molar-refractivity contribution >= 4 is 21.6 Å². The van der Waals surface area contributed by atoms with Gasteiger partial charge in [-0.2, -0.15) is 9.49 Å². The Morgan fingerprint density at radius 1 is 1.44 bits per heavy atom. The Balaban J connectivity index is 2.75. The summed E-state index contributed by atoms with van der Waals surface area (Å²) in [7, 11) is 0. The lowest BCUT2D eigenvalue weighted by molar-refractivity contribution is -0.387. The summed E-state index contributed by atoms with van der Waals surface area (Å²) in [4.78, 5) is 10.2. The van der Waals surface area contributed by atoms with Crippen molar-refractivity contribution in [3.8, 4) is 5.69 Å². The van der Waals surface area contributed by atoms with E-state index < -0.39 is 16.4 Å². The first-order valence-electron chi connectivity index (χ1n) is 5.08. The molecule has 0 fully saturated rings. The molecular weight excluding hydrogens is 305 g/mol. The minimum atomic E-state index is -0.874. The molecule has 0 saturated carbocycles. The standard InChI is InChI=1S/C11H9BrFN3O2/c1-6-10(12)7(2)15(14-6)9-5-3-4-8(13)11(9)16(17)18/h3-5H,1-2H3. The van der Waals surface area contributed by atoms with Crippen LogP contribution in [0.5, 0.6) is 0 Å². The molecule has 0 radical (unpaired) electrons. The fourth-order valence-corrected chi connectivity index (χ4v) is 1.96. The second-order valence-electron chi connectivity index (χ2n) is 3.76. The van der Waals surface area contributed by atoms with Crippen LogP contribution >= 0.6 is 15.9 Å². The quantitative estimate of drug-likeness (QED) is 0.631. The lowest BCUT2D eigenvalue weighted by atomic mass is 10.2. The number of para-hydroxylation sites is 1. The number of nitro groups is 1. The SMILES string of the molecule is Cc1nn(-c2cccc(F)c2[N+](=O)[O-])c(C)c1Br. The molecule has 0 saturated heterocycles. The smallest absolute Gasteiger partial charge is 0.258 e. The molecule has 0 bridgehead atoms. The summed E-state index contributed by atoms with van der Waals surface area (Å²) in [6.07, 6.45) is 0. The summed E-state index contributed by atoms with van der Waals surface area (Å²) in [5.41, 5.74) is 0.911. The average molecular weight is 314 g/mol. The van der Waals surface area contributed by atoms with E-state index in [0.717, 1.165) is 10.5 Å². The van der Waals surface area contributed by atoms with Crippen LogP contribution in [0.1, 0.15) is 11.4 Å². The van der Waals surface area contributed by atoms with Gasteiger partial charge in [-0.3, -0.25) is 10.1 Å². The van der Waals surface area contributed by atoms with E-state index in [1.54, 1.807) is 13.8 Å². The number of benzene rings is 1. The molecule has 5 nitrogen and oxygen atoms in total. The number of halogens is 2. The Kier molecular flexibility index (Phi) is 3.16. The number of rotatable bonds is 2. The first-order chi connectivity index (χ1) is 8.43. The van der Waals surface area contributed by atoms with Crippen molar-refractivity contribution < 1.29 is 9.31 Å². The van der Waals surface area contributed by atoms with E-state index in [9.17, 15) is 14.5 Å². The molecule has 2 aromatic rings. The van der Waals surface area contributed by atoms with Gasteiger partial charge >= 0.3 is 5.69 Å². The number of nitro benzene ring substituents is 1. The van der Waals surface area contributed by atoms with Crippen molar-refractivity contribution in [2.45, 2.75) is 13.8 Å². The number of nitrogens with zero attached hydrogens (tertiary/aromatic N) is 3. The van der Waals surface area contributed by atoms with Gasteiger partial charge in [0.2, 0.25) is 5.82 Å². The summed E-state index contributed by atoms with van der Waals surface area (Å²) in [6.45, 7) is 3.51. The fourth-order valence-electron chi connectivity index (χ4n) is 1.71. The molecule has 0 amide bonds. The average Bonchev–Trinajstić information content (AvgIpc) is 2.56. The highest BCUT2D eigenvalue weighted by atomic mass is 79.9. The maximum Gasteiger partial charge on any atom is 0.330 e. The van der Waals surface area contributed by atoms with E-state index in [0.29, 0.717) is 11.4 Å². The molecule has 1 aromatic heterocycles. The monoisotopic (exact) mass is 313 g/mol. The molecule has 7 heteroatoms. The molecular formula is C11H9BrFN3O2. The van der Waals surface area contributed by atoms with Crippen molar-refractivity contribution in [1.29, 1.82) is 0 Å². The van der Waals surface area contributed by atoms with Gasteiger partial charge in [0, 0.05) is 0 Å². The van der Waals surface area contributed by atoms with Crippen molar-refractivity contribution in [2.24, 2.45) is 0 Å². The molecule has 0 atom stereocenters. The third-order valence-electron chi connectivity index (χ3n) is 2.58. The molecule has 1 aromatic carbocycles. The topological polar surface area (TPSA) is 61.0 Å². The van der Waals surface area contributed by atoms with Crippen LogP contribution < -0.4 is 0 Å². The van der Waals surface area contributed by atoms with E-state index in [1.807, 2.05) is 0 Å². The summed E-state index contributed by atoms with van der Waals surface area (Å²) in [5, 5.41) is 15.1. The van der Waals surface area contributed by atoms with Crippen LogP contribution in [0.25, 0.3) is 5.69 Å². The molecule has 0 spiro atoms. The van der Waals surface area contributed by atoms with Crippen LogP contribution in [0, 0.1) is 29.8 Å². The van der Waals surface area contributed by atoms with E-state index in [4.69, 9.17) is 0 Å². The highest BCUT2D eigenvalue weighted by Gasteiger charge is 2.23. The third kappa shape index (κ3) is 1.90. The van der Waals surface area contributed by atoms with E-state index in [1.165, 1.54) is 16.8 Å². The Morgan fingerprint density at radius 3 is 2.61 bits per heavy atom. The van der Waals surface area contributed by atoms with Crippen molar-refractivity contribution in [1.82, 2.24) is 9.78 Å². The maximum absolute atomic E-state index is 13.5. The zero-order chi connectivity index (χ0) is 13.4. The van der Waals surface area contributed by atoms with E-state index >= 15 is 0 Å². The molecule has 0 aliphatic heterocycles. The van der Waals surface area contributed by atoms with Gasteiger partial charge in [0.1, 0.15) is 5.69 Å². The molecule has 0 aliphatic carbocycles. The Hall–Kier alpha value is -1.76. The zero-order valence-electron chi connectivity index (χ0n) is 9.65. The Labute approximate surface area is 111 Å². The first-order valence-corrected chi connectivity index (χ1v) is 5.87. The van der Waals surface area contributed by atoms with Gasteiger partial charge in [-0.15, -0.1) is 0 Å². The second kappa shape index (κ2) is 4.49. The van der Waals surface area contributed by atoms with E-state index in [-0.39, 0.29) is 5.69 Å². The maximum atomic E-state index is 13.5. The number of hydrogen-bond acceptors (Lipinski definition) is 3. The predicted molar refractivity (Wildman–Crippen MR) is 67.4 cm³/mol. The summed E-state index contributed by atoms with van der Waals surface area (Å²) < 4.78 is 15.6. The van der Waals surface area contributed by atoms with Gasteiger partial charge in [-0.25, -0.2) is 4.68 Å². The minimum absolute atomic E-state index is 0.117. The first kappa shape index (κ1) is 12.7. The van der Waals surface area contributed by atoms with Gasteiger partial charge in [-0.05, 0) is 41.9 Å². The van der Waals surface area contributed by atoms with Gasteiger partial charge in [0.15, 0.2) is 0 Å². The number of hydrogen-bond donors (Lipinski definition) is 0. The summed E-state index contributed by atoms with van der Waals surface area (Å²) in [6, 6.07) is 3.94. The molecule has 18 heavy (non-hydrogen) atoms.